The highest BCUT2D eigenvalue weighted by molar-refractivity contribution is 5.86. The van der Waals surface area contributed by atoms with Crippen LogP contribution in [-0.2, 0) is 23.3 Å². The SMILES string of the molecule is COc1ccccc1CNC(=O)[C@@H](Cc1c[nH]c2ccccc12)NC(CC1C=CC=CC1)(c1ccccc1)c1ccccc1. The minimum atomic E-state index is -0.624. The van der Waals surface area contributed by atoms with E-state index in [9.17, 15) is 4.79 Å². The minimum Gasteiger partial charge on any atom is -0.496 e. The second-order valence-electron chi connectivity index (χ2n) is 11.4. The standard InChI is InChI=1S/C39H39N3O2/c1-44-37-24-14-11-17-30(37)27-41-38(43)36(25-31-28-40-35-23-13-12-22-34(31)35)42-39(32-18-7-3-8-19-32,33-20-9-4-10-21-33)26-29-15-5-2-6-16-29/h2-15,17-24,28-29,36,40,42H,16,25-27H2,1H3,(H,41,43)/t29?,36-/m1/s1. The maximum absolute atomic E-state index is 14.4. The van der Waals surface area contributed by atoms with Crippen LogP contribution in [0, 0.1) is 5.92 Å². The molecule has 5 aromatic rings. The molecule has 222 valence electrons. The summed E-state index contributed by atoms with van der Waals surface area (Å²) in [5.41, 5.74) is 4.74. The molecule has 44 heavy (non-hydrogen) atoms. The molecule has 0 fully saturated rings. The number of carbonyl (C=O) groups is 1. The van der Waals surface area contributed by atoms with Crippen molar-refractivity contribution in [2.45, 2.75) is 37.4 Å². The Balaban J connectivity index is 1.42. The molecule has 1 amide bonds. The second kappa shape index (κ2) is 13.6. The lowest BCUT2D eigenvalue weighted by molar-refractivity contribution is -0.123. The van der Waals surface area contributed by atoms with Crippen LogP contribution in [-0.4, -0.2) is 24.0 Å². The highest BCUT2D eigenvalue weighted by atomic mass is 16.5. The van der Waals surface area contributed by atoms with Crippen LogP contribution in [0.15, 0.2) is 140 Å². The summed E-state index contributed by atoms with van der Waals surface area (Å²) in [4.78, 5) is 17.8. The average molecular weight is 582 g/mol. The zero-order valence-electron chi connectivity index (χ0n) is 25.1. The van der Waals surface area contributed by atoms with E-state index in [4.69, 9.17) is 4.74 Å². The van der Waals surface area contributed by atoms with Crippen LogP contribution in [0.25, 0.3) is 10.9 Å². The molecule has 1 aliphatic rings. The molecule has 0 radical (unpaired) electrons. The van der Waals surface area contributed by atoms with Crippen molar-refractivity contribution in [2.24, 2.45) is 5.92 Å². The second-order valence-corrected chi connectivity index (χ2v) is 11.4. The number of methoxy groups -OCH3 is 1. The Morgan fingerprint density at radius 3 is 2.25 bits per heavy atom. The minimum absolute atomic E-state index is 0.0588. The molecule has 2 atom stereocenters. The number of nitrogens with one attached hydrogen (secondary N) is 3. The summed E-state index contributed by atoms with van der Waals surface area (Å²) in [5, 5.41) is 8.37. The summed E-state index contributed by atoms with van der Waals surface area (Å²) in [5.74, 6) is 1.00. The summed E-state index contributed by atoms with van der Waals surface area (Å²) in [6.45, 7) is 0.370. The van der Waals surface area contributed by atoms with E-state index in [1.54, 1.807) is 7.11 Å². The van der Waals surface area contributed by atoms with Gasteiger partial charge in [0, 0.05) is 29.2 Å². The number of allylic oxidation sites excluding steroid dienone is 4. The van der Waals surface area contributed by atoms with Gasteiger partial charge in [0.05, 0.1) is 18.7 Å². The van der Waals surface area contributed by atoms with E-state index >= 15 is 0 Å². The zero-order valence-corrected chi connectivity index (χ0v) is 25.1. The van der Waals surface area contributed by atoms with Crippen molar-refractivity contribution in [3.8, 4) is 5.75 Å². The first kappa shape index (κ1) is 29.2. The maximum Gasteiger partial charge on any atom is 0.237 e. The molecule has 0 spiro atoms. The predicted molar refractivity (Wildman–Crippen MR) is 178 cm³/mol. The molecule has 5 heteroatoms. The summed E-state index contributed by atoms with van der Waals surface area (Å²) < 4.78 is 5.57. The van der Waals surface area contributed by atoms with E-state index in [1.807, 2.05) is 54.7 Å². The van der Waals surface area contributed by atoms with Crippen molar-refractivity contribution < 1.29 is 9.53 Å². The van der Waals surface area contributed by atoms with Crippen molar-refractivity contribution in [1.29, 1.82) is 0 Å². The van der Waals surface area contributed by atoms with E-state index in [0.717, 1.165) is 51.7 Å². The quantitative estimate of drug-likeness (QED) is 0.143. The van der Waals surface area contributed by atoms with E-state index in [1.165, 1.54) is 0 Å². The summed E-state index contributed by atoms with van der Waals surface area (Å²) in [6.07, 6.45) is 13.1. The van der Waals surface area contributed by atoms with E-state index in [0.29, 0.717) is 18.9 Å². The van der Waals surface area contributed by atoms with E-state index < -0.39 is 11.6 Å². The lowest BCUT2D eigenvalue weighted by Gasteiger charge is -2.41. The normalized spacial score (nSPS) is 15.2. The molecule has 1 heterocycles. The number of fused-ring (bicyclic) bond motifs is 1. The number of ether oxygens (including phenoxy) is 1. The highest BCUT2D eigenvalue weighted by Crippen LogP contribution is 2.39. The maximum atomic E-state index is 14.4. The summed E-state index contributed by atoms with van der Waals surface area (Å²) in [6, 6.07) is 36.7. The van der Waals surface area contributed by atoms with Gasteiger partial charge >= 0.3 is 0 Å². The molecular weight excluding hydrogens is 542 g/mol. The molecule has 6 rings (SSSR count). The van der Waals surface area contributed by atoms with Crippen LogP contribution < -0.4 is 15.4 Å². The Bertz CT molecular complexity index is 1700. The number of hydrogen-bond acceptors (Lipinski definition) is 3. The molecule has 5 nitrogen and oxygen atoms in total. The fourth-order valence-electron chi connectivity index (χ4n) is 6.43. The van der Waals surface area contributed by atoms with Crippen molar-refractivity contribution in [2.75, 3.05) is 7.11 Å². The van der Waals surface area contributed by atoms with E-state index in [2.05, 4.69) is 101 Å². The Kier molecular flexibility index (Phi) is 9.04. The van der Waals surface area contributed by atoms with Crippen molar-refractivity contribution in [3.05, 3.63) is 162 Å². The first-order valence-electron chi connectivity index (χ1n) is 15.3. The lowest BCUT2D eigenvalue weighted by Crippen LogP contribution is -2.56. The van der Waals surface area contributed by atoms with Crippen molar-refractivity contribution >= 4 is 16.8 Å². The zero-order chi connectivity index (χ0) is 30.2. The lowest BCUT2D eigenvalue weighted by atomic mass is 9.74. The Hall–Kier alpha value is -4.87. The molecule has 0 saturated carbocycles. The van der Waals surface area contributed by atoms with Gasteiger partial charge in [0.1, 0.15) is 5.75 Å². The van der Waals surface area contributed by atoms with Crippen LogP contribution >= 0.6 is 0 Å². The predicted octanol–water partition coefficient (Wildman–Crippen LogP) is 7.46. The molecular formula is C39H39N3O2. The number of H-pyrrole nitrogens is 1. The number of aromatic nitrogens is 1. The molecule has 0 aliphatic heterocycles. The smallest absolute Gasteiger partial charge is 0.237 e. The van der Waals surface area contributed by atoms with Gasteiger partial charge in [-0.15, -0.1) is 0 Å². The number of rotatable bonds is 12. The molecule has 1 aliphatic carbocycles. The number of amides is 1. The van der Waals surface area contributed by atoms with Gasteiger partial charge in [-0.25, -0.2) is 0 Å². The fourth-order valence-corrected chi connectivity index (χ4v) is 6.43. The van der Waals surface area contributed by atoms with Crippen LogP contribution in [0.4, 0.5) is 0 Å². The van der Waals surface area contributed by atoms with Gasteiger partial charge in [-0.3, -0.25) is 10.1 Å². The number of carbonyl (C=O) groups excluding carboxylic acids is 1. The van der Waals surface area contributed by atoms with Gasteiger partial charge in [-0.1, -0.05) is 121 Å². The van der Waals surface area contributed by atoms with Gasteiger partial charge in [0.15, 0.2) is 0 Å². The highest BCUT2D eigenvalue weighted by Gasteiger charge is 2.40. The molecule has 1 unspecified atom stereocenters. The van der Waals surface area contributed by atoms with Gasteiger partial charge in [-0.2, -0.15) is 0 Å². The molecule has 3 N–H and O–H groups in total. The van der Waals surface area contributed by atoms with Crippen LogP contribution in [0.3, 0.4) is 0 Å². The molecule has 0 bridgehead atoms. The van der Waals surface area contributed by atoms with Crippen molar-refractivity contribution in [1.82, 2.24) is 15.6 Å². The molecule has 1 aromatic heterocycles. The number of benzene rings is 4. The fraction of sp³-hybridized carbons (Fsp3) is 0.205. The van der Waals surface area contributed by atoms with Crippen LogP contribution in [0.1, 0.15) is 35.1 Å². The third-order valence-corrected chi connectivity index (χ3v) is 8.65. The first-order valence-corrected chi connectivity index (χ1v) is 15.3. The average Bonchev–Trinajstić information content (AvgIpc) is 3.50. The monoisotopic (exact) mass is 581 g/mol. The third-order valence-electron chi connectivity index (χ3n) is 8.65. The topological polar surface area (TPSA) is 66.1 Å². The van der Waals surface area contributed by atoms with E-state index in [-0.39, 0.29) is 5.91 Å². The summed E-state index contributed by atoms with van der Waals surface area (Å²) >= 11 is 0. The Labute approximate surface area is 259 Å². The van der Waals surface area contributed by atoms with Gasteiger partial charge in [0.25, 0.3) is 0 Å². The number of hydrogen-bond donors (Lipinski definition) is 3. The van der Waals surface area contributed by atoms with Gasteiger partial charge in [0.2, 0.25) is 5.91 Å². The van der Waals surface area contributed by atoms with Gasteiger partial charge in [-0.05, 0) is 54.0 Å². The Morgan fingerprint density at radius 1 is 0.864 bits per heavy atom. The largest absolute Gasteiger partial charge is 0.496 e. The Morgan fingerprint density at radius 2 is 1.55 bits per heavy atom. The number of aromatic amines is 1. The molecule has 0 saturated heterocycles. The third kappa shape index (κ3) is 6.38. The van der Waals surface area contributed by atoms with Crippen molar-refractivity contribution in [3.63, 3.8) is 0 Å². The van der Waals surface area contributed by atoms with Crippen LogP contribution in [0.5, 0.6) is 5.75 Å². The molecule has 4 aromatic carbocycles. The van der Waals surface area contributed by atoms with Crippen LogP contribution in [0.2, 0.25) is 0 Å². The summed E-state index contributed by atoms with van der Waals surface area (Å²) in [7, 11) is 1.66. The number of para-hydroxylation sites is 2. The van der Waals surface area contributed by atoms with Gasteiger partial charge < -0.3 is 15.0 Å². The first-order chi connectivity index (χ1) is 21.7.